The zero-order valence-corrected chi connectivity index (χ0v) is 12.9. The van der Waals surface area contributed by atoms with Crippen LogP contribution in [0.3, 0.4) is 0 Å². The van der Waals surface area contributed by atoms with Crippen molar-refractivity contribution in [1.82, 2.24) is 9.55 Å². The number of nitrogens with zero attached hydrogens (tertiary/aromatic N) is 2. The van der Waals surface area contributed by atoms with Crippen LogP contribution in [-0.4, -0.2) is 14.7 Å². The van der Waals surface area contributed by atoms with E-state index in [1.165, 1.54) is 12.1 Å². The van der Waals surface area contributed by atoms with E-state index in [1.54, 1.807) is 12.1 Å². The lowest BCUT2D eigenvalue weighted by atomic mass is 10.2. The number of benzene rings is 2. The summed E-state index contributed by atoms with van der Waals surface area (Å²) in [7, 11) is 0. The second-order valence-corrected chi connectivity index (χ2v) is 5.64. The van der Waals surface area contributed by atoms with Crippen LogP contribution in [0.1, 0.15) is 6.92 Å². The monoisotopic (exact) mass is 382 g/mol. The molecular weight excluding hydrogens is 370 g/mol. The van der Waals surface area contributed by atoms with Crippen LogP contribution in [0, 0.1) is 9.39 Å². The molecule has 0 radical (unpaired) electrons. The highest BCUT2D eigenvalue weighted by Crippen LogP contribution is 2.29. The molecule has 20 heavy (non-hydrogen) atoms. The van der Waals surface area contributed by atoms with E-state index < -0.39 is 0 Å². The quantitative estimate of drug-likeness (QED) is 0.676. The SMILES string of the molecule is CCn1c(-c2ccc(I)c(O)c2)nc2ccc(F)cc21. The third-order valence-corrected chi connectivity index (χ3v) is 4.14. The van der Waals surface area contributed by atoms with Gasteiger partial charge in [-0.1, -0.05) is 0 Å². The molecule has 0 spiro atoms. The molecule has 1 aromatic heterocycles. The van der Waals surface area contributed by atoms with Crippen molar-refractivity contribution in [3.8, 4) is 17.1 Å². The molecule has 102 valence electrons. The van der Waals surface area contributed by atoms with E-state index in [1.807, 2.05) is 23.6 Å². The Kier molecular flexibility index (Phi) is 3.37. The molecular formula is C15H12FIN2O. The molecule has 0 bridgehead atoms. The molecule has 1 N–H and O–H groups in total. The van der Waals surface area contributed by atoms with Gasteiger partial charge in [-0.25, -0.2) is 9.37 Å². The van der Waals surface area contributed by atoms with Crippen molar-refractivity contribution in [2.75, 3.05) is 0 Å². The summed E-state index contributed by atoms with van der Waals surface area (Å²) in [6, 6.07) is 10.0. The van der Waals surface area contributed by atoms with Gasteiger partial charge in [0.1, 0.15) is 17.4 Å². The number of phenols is 1. The van der Waals surface area contributed by atoms with Crippen LogP contribution in [0.15, 0.2) is 36.4 Å². The summed E-state index contributed by atoms with van der Waals surface area (Å²) in [6.45, 7) is 2.67. The van der Waals surface area contributed by atoms with E-state index in [-0.39, 0.29) is 11.6 Å². The standard InChI is InChI=1S/C15H12FIN2O/c1-2-19-13-8-10(16)4-6-12(13)18-15(19)9-3-5-11(17)14(20)7-9/h3-8,20H,2H2,1H3. The summed E-state index contributed by atoms with van der Waals surface area (Å²) in [5.41, 5.74) is 2.34. The van der Waals surface area contributed by atoms with Crippen LogP contribution in [0.2, 0.25) is 0 Å². The molecule has 2 aromatic carbocycles. The first-order valence-corrected chi connectivity index (χ1v) is 7.32. The Hall–Kier alpha value is -1.63. The molecule has 0 fully saturated rings. The van der Waals surface area contributed by atoms with Crippen molar-refractivity contribution >= 4 is 33.6 Å². The van der Waals surface area contributed by atoms with Gasteiger partial charge in [-0.3, -0.25) is 0 Å². The molecule has 0 saturated carbocycles. The molecule has 3 rings (SSSR count). The number of hydrogen-bond acceptors (Lipinski definition) is 2. The summed E-state index contributed by atoms with van der Waals surface area (Å²) in [6.07, 6.45) is 0. The molecule has 0 atom stereocenters. The van der Waals surface area contributed by atoms with Crippen molar-refractivity contribution in [2.24, 2.45) is 0 Å². The van der Waals surface area contributed by atoms with Crippen molar-refractivity contribution in [2.45, 2.75) is 13.5 Å². The molecule has 0 aliphatic carbocycles. The van der Waals surface area contributed by atoms with Gasteiger partial charge in [-0.15, -0.1) is 0 Å². The molecule has 1 heterocycles. The lowest BCUT2D eigenvalue weighted by molar-refractivity contribution is 0.471. The van der Waals surface area contributed by atoms with E-state index in [4.69, 9.17) is 0 Å². The third kappa shape index (κ3) is 2.15. The van der Waals surface area contributed by atoms with Crippen molar-refractivity contribution < 1.29 is 9.50 Å². The van der Waals surface area contributed by atoms with E-state index in [0.29, 0.717) is 6.54 Å². The largest absolute Gasteiger partial charge is 0.507 e. The number of aromatic nitrogens is 2. The smallest absolute Gasteiger partial charge is 0.141 e. The number of fused-ring (bicyclic) bond motifs is 1. The summed E-state index contributed by atoms with van der Waals surface area (Å²) in [5.74, 6) is 0.688. The van der Waals surface area contributed by atoms with Gasteiger partial charge < -0.3 is 9.67 Å². The average Bonchev–Trinajstić information content (AvgIpc) is 2.79. The van der Waals surface area contributed by atoms with Crippen LogP contribution in [-0.2, 0) is 6.54 Å². The molecule has 0 amide bonds. The fraction of sp³-hybridized carbons (Fsp3) is 0.133. The van der Waals surface area contributed by atoms with Crippen LogP contribution in [0.5, 0.6) is 5.75 Å². The number of rotatable bonds is 2. The number of aryl methyl sites for hydroxylation is 1. The van der Waals surface area contributed by atoms with Gasteiger partial charge in [-0.2, -0.15) is 0 Å². The second kappa shape index (κ2) is 5.05. The first-order valence-electron chi connectivity index (χ1n) is 6.25. The minimum Gasteiger partial charge on any atom is -0.507 e. The van der Waals surface area contributed by atoms with Crippen molar-refractivity contribution in [1.29, 1.82) is 0 Å². The topological polar surface area (TPSA) is 38.0 Å². The summed E-state index contributed by atoms with van der Waals surface area (Å²) in [4.78, 5) is 4.55. The van der Waals surface area contributed by atoms with Crippen LogP contribution in [0.25, 0.3) is 22.4 Å². The number of hydrogen-bond donors (Lipinski definition) is 1. The predicted octanol–water partition coefficient (Wildman–Crippen LogP) is 4.17. The van der Waals surface area contributed by atoms with Gasteiger partial charge in [0.05, 0.1) is 14.6 Å². The molecule has 3 aromatic rings. The zero-order valence-electron chi connectivity index (χ0n) is 10.8. The van der Waals surface area contributed by atoms with Crippen molar-refractivity contribution in [3.63, 3.8) is 0 Å². The Balaban J connectivity index is 2.27. The van der Waals surface area contributed by atoms with Gasteiger partial charge >= 0.3 is 0 Å². The minimum absolute atomic E-state index is 0.226. The highest BCUT2D eigenvalue weighted by Gasteiger charge is 2.13. The predicted molar refractivity (Wildman–Crippen MR) is 85.2 cm³/mol. The third-order valence-electron chi connectivity index (χ3n) is 3.23. The second-order valence-electron chi connectivity index (χ2n) is 4.48. The van der Waals surface area contributed by atoms with Crippen LogP contribution >= 0.6 is 22.6 Å². The van der Waals surface area contributed by atoms with E-state index in [9.17, 15) is 9.50 Å². The molecule has 0 unspecified atom stereocenters. The Morgan fingerprint density at radius 2 is 2.05 bits per heavy atom. The summed E-state index contributed by atoms with van der Waals surface area (Å²) in [5, 5.41) is 9.84. The number of halogens is 2. The first-order chi connectivity index (χ1) is 9.60. The fourth-order valence-electron chi connectivity index (χ4n) is 2.29. The molecule has 3 nitrogen and oxygen atoms in total. The Morgan fingerprint density at radius 3 is 2.75 bits per heavy atom. The number of imidazole rings is 1. The summed E-state index contributed by atoms with van der Waals surface area (Å²) < 4.78 is 16.1. The fourth-order valence-corrected chi connectivity index (χ4v) is 2.62. The average molecular weight is 382 g/mol. The zero-order chi connectivity index (χ0) is 14.3. The van der Waals surface area contributed by atoms with E-state index in [0.717, 1.165) is 26.0 Å². The Morgan fingerprint density at radius 1 is 1.25 bits per heavy atom. The summed E-state index contributed by atoms with van der Waals surface area (Å²) >= 11 is 2.07. The number of aromatic hydroxyl groups is 1. The van der Waals surface area contributed by atoms with Gasteiger partial charge in [0.25, 0.3) is 0 Å². The van der Waals surface area contributed by atoms with E-state index >= 15 is 0 Å². The maximum absolute atomic E-state index is 13.4. The van der Waals surface area contributed by atoms with Gasteiger partial charge in [0.2, 0.25) is 0 Å². The van der Waals surface area contributed by atoms with Gasteiger partial charge in [-0.05, 0) is 65.9 Å². The molecule has 0 saturated heterocycles. The normalized spacial score (nSPS) is 11.2. The highest BCUT2D eigenvalue weighted by atomic mass is 127. The number of phenolic OH excluding ortho intramolecular Hbond substituents is 1. The maximum Gasteiger partial charge on any atom is 0.141 e. The lowest BCUT2D eigenvalue weighted by Crippen LogP contribution is -1.97. The first kappa shape index (κ1) is 13.4. The molecule has 0 aliphatic heterocycles. The van der Waals surface area contributed by atoms with Gasteiger partial charge in [0.15, 0.2) is 0 Å². The highest BCUT2D eigenvalue weighted by molar-refractivity contribution is 14.1. The van der Waals surface area contributed by atoms with E-state index in [2.05, 4.69) is 27.6 Å². The minimum atomic E-state index is -0.274. The Bertz CT molecular complexity index is 798. The maximum atomic E-state index is 13.4. The molecule has 5 heteroatoms. The van der Waals surface area contributed by atoms with Crippen LogP contribution < -0.4 is 0 Å². The van der Waals surface area contributed by atoms with Crippen molar-refractivity contribution in [3.05, 3.63) is 45.8 Å². The van der Waals surface area contributed by atoms with Crippen LogP contribution in [0.4, 0.5) is 4.39 Å². The Labute approximate surface area is 129 Å². The van der Waals surface area contributed by atoms with Gasteiger partial charge in [0, 0.05) is 12.1 Å². The molecule has 0 aliphatic rings. The lowest BCUT2D eigenvalue weighted by Gasteiger charge is -2.07.